The minimum Gasteiger partial charge on any atom is -0.461 e. The fourth-order valence-corrected chi connectivity index (χ4v) is 5.56. The lowest BCUT2D eigenvalue weighted by Gasteiger charge is -2.30. The van der Waals surface area contributed by atoms with Crippen LogP contribution in [0, 0.1) is 0 Å². The third-order valence-corrected chi connectivity index (χ3v) is 9.03. The van der Waals surface area contributed by atoms with Crippen LogP contribution in [0.2, 0.25) is 0 Å². The average molecular weight is 462 g/mol. The molecule has 0 fully saturated rings. The SMILES string of the molecule is C=CCOC(=O)CCP(=S)(OC)C(Cc1ccccc1)NC(=O)OCc1ccccc1. The van der Waals surface area contributed by atoms with Gasteiger partial charge in [0.2, 0.25) is 0 Å². The number of hydrogen-bond donors (Lipinski definition) is 1. The number of rotatable bonds is 12. The first-order chi connectivity index (χ1) is 15.0. The highest BCUT2D eigenvalue weighted by atomic mass is 32.4. The number of nitrogens with one attached hydrogen (secondary N) is 1. The zero-order valence-electron chi connectivity index (χ0n) is 17.6. The number of hydrogen-bond acceptors (Lipinski definition) is 6. The van der Waals surface area contributed by atoms with Crippen LogP contribution in [-0.4, -0.2) is 37.7 Å². The molecule has 31 heavy (non-hydrogen) atoms. The van der Waals surface area contributed by atoms with E-state index in [1.807, 2.05) is 60.7 Å². The van der Waals surface area contributed by atoms with Gasteiger partial charge in [0, 0.05) is 13.3 Å². The van der Waals surface area contributed by atoms with E-state index in [1.54, 1.807) is 0 Å². The molecule has 8 heteroatoms. The molecule has 0 spiro atoms. The molecule has 6 nitrogen and oxygen atoms in total. The molecule has 2 unspecified atom stereocenters. The standard InChI is InChI=1S/C23H28NO5PS/c1-3-15-28-22(25)14-16-30(31,27-2)21(17-19-10-6-4-7-11-19)24-23(26)29-18-20-12-8-5-9-13-20/h3-13,21H,1,14-18H2,2H3,(H,24,26). The van der Waals surface area contributed by atoms with E-state index in [-0.39, 0.29) is 25.6 Å². The summed E-state index contributed by atoms with van der Waals surface area (Å²) in [5, 5.41) is 2.88. The van der Waals surface area contributed by atoms with Crippen LogP contribution in [0.5, 0.6) is 0 Å². The molecular formula is C23H28NO5PS. The predicted molar refractivity (Wildman–Crippen MR) is 126 cm³/mol. The smallest absolute Gasteiger partial charge is 0.408 e. The minimum absolute atomic E-state index is 0.102. The molecule has 0 bridgehead atoms. The summed E-state index contributed by atoms with van der Waals surface area (Å²) in [6.45, 7) is 3.82. The van der Waals surface area contributed by atoms with Crippen LogP contribution in [-0.2, 0) is 43.6 Å². The van der Waals surface area contributed by atoms with E-state index in [0.717, 1.165) is 11.1 Å². The molecule has 0 aliphatic carbocycles. The van der Waals surface area contributed by atoms with Crippen LogP contribution in [0.4, 0.5) is 4.79 Å². The van der Waals surface area contributed by atoms with E-state index >= 15 is 0 Å². The summed E-state index contributed by atoms with van der Waals surface area (Å²) in [6, 6.07) is 19.1. The van der Waals surface area contributed by atoms with Gasteiger partial charge in [-0.3, -0.25) is 4.79 Å². The van der Waals surface area contributed by atoms with Crippen molar-refractivity contribution in [2.24, 2.45) is 0 Å². The molecular weight excluding hydrogens is 433 g/mol. The van der Waals surface area contributed by atoms with Gasteiger partial charge in [-0.1, -0.05) is 85.1 Å². The van der Waals surface area contributed by atoms with Crippen molar-refractivity contribution >= 4 is 30.1 Å². The fourth-order valence-electron chi connectivity index (χ4n) is 2.87. The molecule has 0 saturated carbocycles. The van der Waals surface area contributed by atoms with Crippen molar-refractivity contribution < 1.29 is 23.6 Å². The van der Waals surface area contributed by atoms with Gasteiger partial charge in [-0.15, -0.1) is 0 Å². The van der Waals surface area contributed by atoms with Gasteiger partial charge in [0.05, 0.1) is 18.5 Å². The molecule has 2 aromatic rings. The zero-order valence-corrected chi connectivity index (χ0v) is 19.3. The van der Waals surface area contributed by atoms with Crippen LogP contribution in [0.25, 0.3) is 0 Å². The maximum atomic E-state index is 12.5. The van der Waals surface area contributed by atoms with E-state index in [1.165, 1.54) is 13.2 Å². The van der Waals surface area contributed by atoms with Crippen LogP contribution < -0.4 is 5.32 Å². The van der Waals surface area contributed by atoms with Gasteiger partial charge >= 0.3 is 12.1 Å². The van der Waals surface area contributed by atoms with Crippen molar-refractivity contribution in [1.29, 1.82) is 0 Å². The van der Waals surface area contributed by atoms with Crippen molar-refractivity contribution in [3.63, 3.8) is 0 Å². The molecule has 1 N–H and O–H groups in total. The Morgan fingerprint density at radius 3 is 2.26 bits per heavy atom. The van der Waals surface area contributed by atoms with Crippen molar-refractivity contribution in [2.45, 2.75) is 25.2 Å². The molecule has 166 valence electrons. The molecule has 1 amide bonds. The Morgan fingerprint density at radius 1 is 1.06 bits per heavy atom. The zero-order chi connectivity index (χ0) is 22.5. The predicted octanol–water partition coefficient (Wildman–Crippen LogP) is 4.64. The summed E-state index contributed by atoms with van der Waals surface area (Å²) in [6.07, 6.45) is -0.823. The highest BCUT2D eigenvalue weighted by molar-refractivity contribution is 8.12. The Hall–Kier alpha value is -2.47. The highest BCUT2D eigenvalue weighted by Crippen LogP contribution is 2.52. The largest absolute Gasteiger partial charge is 0.461 e. The average Bonchev–Trinajstić information content (AvgIpc) is 2.80. The van der Waals surface area contributed by atoms with Crippen LogP contribution >= 0.6 is 6.26 Å². The van der Waals surface area contributed by atoms with Crippen molar-refractivity contribution in [2.75, 3.05) is 19.9 Å². The van der Waals surface area contributed by atoms with Gasteiger partial charge in [0.1, 0.15) is 13.2 Å². The Labute approximate surface area is 188 Å². The highest BCUT2D eigenvalue weighted by Gasteiger charge is 2.31. The normalized spacial score (nSPS) is 13.5. The number of amides is 1. The van der Waals surface area contributed by atoms with Gasteiger partial charge in [-0.25, -0.2) is 4.79 Å². The Morgan fingerprint density at radius 2 is 1.68 bits per heavy atom. The van der Waals surface area contributed by atoms with E-state index in [9.17, 15) is 9.59 Å². The third-order valence-electron chi connectivity index (χ3n) is 4.54. The Balaban J connectivity index is 2.09. The topological polar surface area (TPSA) is 73.9 Å². The molecule has 0 saturated heterocycles. The molecule has 2 rings (SSSR count). The van der Waals surface area contributed by atoms with Gasteiger partial charge < -0.3 is 19.3 Å². The number of carbonyl (C=O) groups excluding carboxylic acids is 2. The first kappa shape index (κ1) is 24.8. The lowest BCUT2D eigenvalue weighted by molar-refractivity contribution is -0.141. The second-order valence-electron chi connectivity index (χ2n) is 6.77. The number of carbonyl (C=O) groups is 2. The number of alkyl carbamates (subject to hydrolysis) is 1. The molecule has 2 atom stereocenters. The summed E-state index contributed by atoms with van der Waals surface area (Å²) in [7, 11) is 1.52. The van der Waals surface area contributed by atoms with E-state index in [4.69, 9.17) is 25.8 Å². The van der Waals surface area contributed by atoms with Gasteiger partial charge in [0.15, 0.2) is 0 Å². The van der Waals surface area contributed by atoms with Gasteiger partial charge in [-0.2, -0.15) is 0 Å². The first-order valence-corrected chi connectivity index (χ1v) is 12.9. The van der Waals surface area contributed by atoms with E-state index < -0.39 is 18.1 Å². The first-order valence-electron chi connectivity index (χ1n) is 9.89. The van der Waals surface area contributed by atoms with Crippen LogP contribution in [0.3, 0.4) is 0 Å². The van der Waals surface area contributed by atoms with Crippen LogP contribution in [0.15, 0.2) is 73.3 Å². The number of ether oxygens (including phenoxy) is 2. The maximum Gasteiger partial charge on any atom is 0.408 e. The monoisotopic (exact) mass is 461 g/mol. The summed E-state index contributed by atoms with van der Waals surface area (Å²) in [5.41, 5.74) is 1.88. The van der Waals surface area contributed by atoms with Crippen molar-refractivity contribution in [1.82, 2.24) is 5.32 Å². The summed E-state index contributed by atoms with van der Waals surface area (Å²) in [4.78, 5) is 24.5. The van der Waals surface area contributed by atoms with Crippen LogP contribution in [0.1, 0.15) is 17.5 Å². The second kappa shape index (κ2) is 13.1. The quantitative estimate of drug-likeness (QED) is 0.282. The number of esters is 1. The number of benzene rings is 2. The molecule has 0 aliphatic heterocycles. The third kappa shape index (κ3) is 8.66. The molecule has 0 aromatic heterocycles. The summed E-state index contributed by atoms with van der Waals surface area (Å²) >= 11 is 5.84. The van der Waals surface area contributed by atoms with E-state index in [2.05, 4.69) is 11.9 Å². The second-order valence-corrected chi connectivity index (χ2v) is 11.5. The van der Waals surface area contributed by atoms with Gasteiger partial charge in [0.25, 0.3) is 0 Å². The molecule has 2 aromatic carbocycles. The minimum atomic E-state index is -2.62. The van der Waals surface area contributed by atoms with Crippen molar-refractivity contribution in [3.05, 3.63) is 84.4 Å². The molecule has 0 heterocycles. The lowest BCUT2D eigenvalue weighted by atomic mass is 10.1. The van der Waals surface area contributed by atoms with E-state index in [0.29, 0.717) is 12.6 Å². The molecule has 0 aliphatic rings. The summed E-state index contributed by atoms with van der Waals surface area (Å²) < 4.78 is 16.1. The molecule has 0 radical (unpaired) electrons. The lowest BCUT2D eigenvalue weighted by Crippen LogP contribution is -2.38. The fraction of sp³-hybridized carbons (Fsp3) is 0.304. The summed E-state index contributed by atoms with van der Waals surface area (Å²) in [5.74, 6) is -0.873. The van der Waals surface area contributed by atoms with Crippen molar-refractivity contribution in [3.8, 4) is 0 Å². The Bertz CT molecular complexity index is 891. The van der Waals surface area contributed by atoms with Gasteiger partial charge in [-0.05, 0) is 17.5 Å². The Kier molecular flexibility index (Phi) is 10.4. The maximum absolute atomic E-state index is 12.5.